The summed E-state index contributed by atoms with van der Waals surface area (Å²) in [6.07, 6.45) is 0.988. The van der Waals surface area contributed by atoms with Gasteiger partial charge < -0.3 is 21.3 Å². The van der Waals surface area contributed by atoms with Crippen molar-refractivity contribution >= 4 is 17.8 Å². The van der Waals surface area contributed by atoms with Gasteiger partial charge in [0.15, 0.2) is 5.96 Å². The zero-order valence-electron chi connectivity index (χ0n) is 13.3. The van der Waals surface area contributed by atoms with Gasteiger partial charge in [0.05, 0.1) is 13.1 Å². The first-order valence-corrected chi connectivity index (χ1v) is 7.79. The molecule has 1 aliphatic heterocycles. The summed E-state index contributed by atoms with van der Waals surface area (Å²) in [5, 5.41) is 5.71. The molecule has 1 heterocycles. The summed E-state index contributed by atoms with van der Waals surface area (Å²) >= 11 is 0. The number of carbonyl (C=O) groups is 2. The number of nitrogens with two attached hydrogens (primary N) is 1. The van der Waals surface area contributed by atoms with Crippen LogP contribution >= 0.6 is 0 Å². The molecule has 0 atom stereocenters. The number of guanidine groups is 1. The third kappa shape index (κ3) is 4.98. The third-order valence-corrected chi connectivity index (χ3v) is 3.51. The summed E-state index contributed by atoms with van der Waals surface area (Å²) in [6.45, 7) is 4.47. The van der Waals surface area contributed by atoms with Crippen LogP contribution in [0.3, 0.4) is 0 Å². The van der Waals surface area contributed by atoms with E-state index in [0.717, 1.165) is 18.5 Å². The number of hydrogen-bond acceptors (Lipinski definition) is 3. The molecule has 1 fully saturated rings. The average molecular weight is 317 g/mol. The van der Waals surface area contributed by atoms with Crippen molar-refractivity contribution < 1.29 is 9.59 Å². The molecule has 1 aliphatic rings. The zero-order valence-corrected chi connectivity index (χ0v) is 13.3. The molecule has 0 unspecified atom stereocenters. The topological polar surface area (TPSA) is 99.8 Å². The first-order valence-electron chi connectivity index (χ1n) is 7.79. The van der Waals surface area contributed by atoms with Gasteiger partial charge in [-0.3, -0.25) is 9.59 Å². The zero-order chi connectivity index (χ0) is 16.7. The predicted molar refractivity (Wildman–Crippen MR) is 89.0 cm³/mol. The Balaban J connectivity index is 1.93. The number of hydrogen-bond donors (Lipinski definition) is 3. The molecule has 23 heavy (non-hydrogen) atoms. The average Bonchev–Trinajstić information content (AvgIpc) is 2.58. The van der Waals surface area contributed by atoms with E-state index in [4.69, 9.17) is 5.73 Å². The van der Waals surface area contributed by atoms with Crippen molar-refractivity contribution in [2.24, 2.45) is 10.7 Å². The molecule has 0 spiro atoms. The van der Waals surface area contributed by atoms with Gasteiger partial charge >= 0.3 is 0 Å². The highest BCUT2D eigenvalue weighted by Gasteiger charge is 2.21. The van der Waals surface area contributed by atoms with Crippen molar-refractivity contribution in [3.8, 4) is 0 Å². The molecule has 1 aromatic carbocycles. The van der Waals surface area contributed by atoms with Crippen LogP contribution in [0.4, 0.5) is 0 Å². The first kappa shape index (κ1) is 16.8. The van der Waals surface area contributed by atoms with Gasteiger partial charge in [0.1, 0.15) is 0 Å². The lowest BCUT2D eigenvalue weighted by Gasteiger charge is -2.26. The van der Waals surface area contributed by atoms with Crippen LogP contribution < -0.4 is 16.4 Å². The minimum Gasteiger partial charge on any atom is -0.370 e. The monoisotopic (exact) mass is 317 g/mol. The van der Waals surface area contributed by atoms with Crippen molar-refractivity contribution in [2.45, 2.75) is 19.9 Å². The Hall–Kier alpha value is -2.57. The molecule has 0 bridgehead atoms. The Morgan fingerprint density at radius 3 is 2.78 bits per heavy atom. The highest BCUT2D eigenvalue weighted by atomic mass is 16.2. The lowest BCUT2D eigenvalue weighted by atomic mass is 10.1. The number of carbonyl (C=O) groups excluding carboxylic acids is 2. The largest absolute Gasteiger partial charge is 0.370 e. The van der Waals surface area contributed by atoms with Crippen LogP contribution in [0.2, 0.25) is 0 Å². The minimum atomic E-state index is -0.126. The fourth-order valence-corrected chi connectivity index (χ4v) is 2.23. The van der Waals surface area contributed by atoms with Crippen molar-refractivity contribution in [1.82, 2.24) is 15.5 Å². The van der Waals surface area contributed by atoms with Gasteiger partial charge in [0, 0.05) is 25.2 Å². The van der Waals surface area contributed by atoms with Gasteiger partial charge in [-0.1, -0.05) is 19.1 Å². The van der Waals surface area contributed by atoms with Crippen LogP contribution in [0.25, 0.3) is 0 Å². The Kier molecular flexibility index (Phi) is 5.96. The van der Waals surface area contributed by atoms with Crippen molar-refractivity contribution in [1.29, 1.82) is 0 Å². The standard InChI is InChI=1S/C16H23N5O2/c1-2-7-19-16(17)20-10-12-3-5-13(6-4-12)15(23)21-9-8-18-14(22)11-21/h3-6H,2,7-11H2,1H3,(H,18,22)(H3,17,19,20). The maximum atomic E-state index is 12.3. The lowest BCUT2D eigenvalue weighted by Crippen LogP contribution is -2.49. The molecule has 0 aromatic heterocycles. The normalized spacial score (nSPS) is 15.3. The van der Waals surface area contributed by atoms with Gasteiger partial charge in [-0.25, -0.2) is 4.99 Å². The number of nitrogens with zero attached hydrogens (tertiary/aromatic N) is 2. The summed E-state index contributed by atoms with van der Waals surface area (Å²) in [5.41, 5.74) is 7.28. The molecule has 4 N–H and O–H groups in total. The second kappa shape index (κ2) is 8.17. The molecular formula is C16H23N5O2. The van der Waals surface area contributed by atoms with Gasteiger partial charge in [-0.2, -0.15) is 0 Å². The van der Waals surface area contributed by atoms with Crippen LogP contribution in [0.1, 0.15) is 29.3 Å². The number of piperazine rings is 1. The maximum absolute atomic E-state index is 12.3. The van der Waals surface area contributed by atoms with E-state index >= 15 is 0 Å². The molecule has 0 radical (unpaired) electrons. The van der Waals surface area contributed by atoms with Crippen molar-refractivity contribution in [3.05, 3.63) is 35.4 Å². The molecule has 1 aromatic rings. The van der Waals surface area contributed by atoms with Crippen LogP contribution in [-0.4, -0.2) is 48.9 Å². The quantitative estimate of drug-likeness (QED) is 0.528. The van der Waals surface area contributed by atoms with Crippen molar-refractivity contribution in [2.75, 3.05) is 26.2 Å². The van der Waals surface area contributed by atoms with Gasteiger partial charge in [-0.05, 0) is 24.1 Å². The van der Waals surface area contributed by atoms with Gasteiger partial charge in [-0.15, -0.1) is 0 Å². The number of amides is 2. The second-order valence-corrected chi connectivity index (χ2v) is 5.40. The molecule has 2 rings (SSSR count). The molecule has 0 aliphatic carbocycles. The predicted octanol–water partition coefficient (Wildman–Crippen LogP) is 0.0729. The van der Waals surface area contributed by atoms with Crippen LogP contribution in [-0.2, 0) is 11.3 Å². The molecule has 2 amide bonds. The second-order valence-electron chi connectivity index (χ2n) is 5.40. The molecule has 7 heteroatoms. The molecule has 0 saturated carbocycles. The number of aliphatic imine (C=N–C) groups is 1. The van der Waals surface area contributed by atoms with E-state index in [-0.39, 0.29) is 18.4 Å². The SMILES string of the molecule is CCCNC(N)=NCc1ccc(C(=O)N2CCNC(=O)C2)cc1. The molecular weight excluding hydrogens is 294 g/mol. The summed E-state index contributed by atoms with van der Waals surface area (Å²) in [5.74, 6) is 0.177. The van der Waals surface area contributed by atoms with E-state index in [0.29, 0.717) is 31.2 Å². The Morgan fingerprint density at radius 2 is 2.13 bits per heavy atom. The number of nitrogens with one attached hydrogen (secondary N) is 2. The molecule has 124 valence electrons. The Morgan fingerprint density at radius 1 is 1.39 bits per heavy atom. The molecule has 1 saturated heterocycles. The smallest absolute Gasteiger partial charge is 0.254 e. The highest BCUT2D eigenvalue weighted by Crippen LogP contribution is 2.09. The number of rotatable bonds is 5. The fraction of sp³-hybridized carbons (Fsp3) is 0.438. The highest BCUT2D eigenvalue weighted by molar-refractivity contribution is 5.97. The van der Waals surface area contributed by atoms with E-state index in [9.17, 15) is 9.59 Å². The Labute approximate surface area is 135 Å². The third-order valence-electron chi connectivity index (χ3n) is 3.51. The van der Waals surface area contributed by atoms with E-state index in [1.807, 2.05) is 12.1 Å². The lowest BCUT2D eigenvalue weighted by molar-refractivity contribution is -0.123. The van der Waals surface area contributed by atoms with Crippen LogP contribution in [0.15, 0.2) is 29.3 Å². The summed E-state index contributed by atoms with van der Waals surface area (Å²) in [6, 6.07) is 7.23. The van der Waals surface area contributed by atoms with E-state index in [1.165, 1.54) is 0 Å². The summed E-state index contributed by atoms with van der Waals surface area (Å²) < 4.78 is 0. The van der Waals surface area contributed by atoms with E-state index in [2.05, 4.69) is 22.5 Å². The Bertz CT molecular complexity index is 583. The van der Waals surface area contributed by atoms with E-state index in [1.54, 1.807) is 17.0 Å². The van der Waals surface area contributed by atoms with E-state index < -0.39 is 0 Å². The fourth-order valence-electron chi connectivity index (χ4n) is 2.23. The summed E-state index contributed by atoms with van der Waals surface area (Å²) in [4.78, 5) is 29.5. The first-order chi connectivity index (χ1) is 11.1. The molecule has 7 nitrogen and oxygen atoms in total. The summed E-state index contributed by atoms with van der Waals surface area (Å²) in [7, 11) is 0. The van der Waals surface area contributed by atoms with Crippen LogP contribution in [0.5, 0.6) is 0 Å². The van der Waals surface area contributed by atoms with Gasteiger partial charge in [0.25, 0.3) is 5.91 Å². The maximum Gasteiger partial charge on any atom is 0.254 e. The van der Waals surface area contributed by atoms with Gasteiger partial charge in [0.2, 0.25) is 5.91 Å². The van der Waals surface area contributed by atoms with Crippen molar-refractivity contribution in [3.63, 3.8) is 0 Å². The number of benzene rings is 1. The minimum absolute atomic E-state index is 0.116. The van der Waals surface area contributed by atoms with Crippen LogP contribution in [0, 0.1) is 0 Å².